The van der Waals surface area contributed by atoms with Gasteiger partial charge >= 0.3 is 85.2 Å². The van der Waals surface area contributed by atoms with Gasteiger partial charge < -0.3 is 0 Å². The fourth-order valence-electron chi connectivity index (χ4n) is 0.671. The fraction of sp³-hybridized carbons (Fsp3) is 1.00. The van der Waals surface area contributed by atoms with E-state index in [9.17, 15) is 0 Å². The third-order valence-corrected chi connectivity index (χ3v) is 18.5. The van der Waals surface area contributed by atoms with Crippen molar-refractivity contribution >= 4 is 46.0 Å². The Kier molecular flexibility index (Phi) is 4.27. The SMILES string of the molecule is CCP(I)(I)(CC)CC. The van der Waals surface area contributed by atoms with Crippen LogP contribution in [0.25, 0.3) is 0 Å². The van der Waals surface area contributed by atoms with Gasteiger partial charge in [0.15, 0.2) is 0 Å². The van der Waals surface area contributed by atoms with E-state index < -0.39 is 1.89 Å². The van der Waals surface area contributed by atoms with Crippen molar-refractivity contribution in [3.63, 3.8) is 0 Å². The molecule has 0 aliphatic carbocycles. The molecule has 0 unspecified atom stereocenters. The third kappa shape index (κ3) is 3.19. The molecule has 0 aromatic heterocycles. The molecule has 0 aliphatic rings. The van der Waals surface area contributed by atoms with Gasteiger partial charge in [-0.3, -0.25) is 0 Å². The van der Waals surface area contributed by atoms with Crippen molar-refractivity contribution in [3.05, 3.63) is 0 Å². The Balaban J connectivity index is 4.20. The van der Waals surface area contributed by atoms with Gasteiger partial charge in [-0.1, -0.05) is 0 Å². The summed E-state index contributed by atoms with van der Waals surface area (Å²) in [7, 11) is 0. The standard InChI is InChI=1S/C6H15I2P/c1-4-9(7,8,5-2)6-3/h4-6H2,1-3H3. The first-order chi connectivity index (χ1) is 3.96. The van der Waals surface area contributed by atoms with Crippen LogP contribution in [0.2, 0.25) is 0 Å². The second kappa shape index (κ2) is 3.53. The molecule has 0 rings (SSSR count). The Hall–Kier alpha value is 1.89. The van der Waals surface area contributed by atoms with E-state index in [1.807, 2.05) is 0 Å². The van der Waals surface area contributed by atoms with Crippen LogP contribution in [0.1, 0.15) is 20.8 Å². The van der Waals surface area contributed by atoms with Crippen LogP contribution in [0.15, 0.2) is 0 Å². The van der Waals surface area contributed by atoms with Crippen molar-refractivity contribution in [3.8, 4) is 0 Å². The average Bonchev–Trinajstić information content (AvgIpc) is 1.90. The van der Waals surface area contributed by atoms with Gasteiger partial charge in [-0.15, -0.1) is 0 Å². The van der Waals surface area contributed by atoms with E-state index in [1.165, 1.54) is 18.5 Å². The summed E-state index contributed by atoms with van der Waals surface area (Å²) in [6.45, 7) is 6.97. The van der Waals surface area contributed by atoms with Crippen LogP contribution in [0.5, 0.6) is 0 Å². The molecule has 58 valence electrons. The quantitative estimate of drug-likeness (QED) is 0.512. The van der Waals surface area contributed by atoms with Crippen molar-refractivity contribution < 1.29 is 0 Å². The zero-order chi connectivity index (χ0) is 7.57. The Bertz CT molecular complexity index is 82.2. The molecule has 0 atom stereocenters. The first kappa shape index (κ1) is 10.9. The van der Waals surface area contributed by atoms with Gasteiger partial charge in [0.1, 0.15) is 0 Å². The molecule has 0 fully saturated rings. The first-order valence-corrected chi connectivity index (χ1v) is 11.8. The molecule has 0 N–H and O–H groups in total. The summed E-state index contributed by atoms with van der Waals surface area (Å²) in [5.41, 5.74) is 0. The molecule has 0 saturated heterocycles. The number of hydrogen-bond acceptors (Lipinski definition) is 0. The Morgan fingerprint density at radius 1 is 0.889 bits per heavy atom. The average molecular weight is 372 g/mol. The maximum atomic E-state index is 2.72. The first-order valence-electron chi connectivity index (χ1n) is 3.41. The monoisotopic (exact) mass is 372 g/mol. The predicted molar refractivity (Wildman–Crippen MR) is 66.6 cm³/mol. The Labute approximate surface area is 84.4 Å². The Morgan fingerprint density at radius 2 is 1.11 bits per heavy atom. The molecule has 0 aromatic carbocycles. The van der Waals surface area contributed by atoms with Crippen LogP contribution < -0.4 is 0 Å². The summed E-state index contributed by atoms with van der Waals surface area (Å²) in [6.07, 6.45) is 4.17. The molecule has 0 aromatic rings. The summed E-state index contributed by atoms with van der Waals surface area (Å²) in [5.74, 6) is 0. The van der Waals surface area contributed by atoms with Gasteiger partial charge in [-0.05, 0) is 0 Å². The molecular formula is C6H15I2P. The number of rotatable bonds is 3. The van der Waals surface area contributed by atoms with E-state index in [2.05, 4.69) is 64.9 Å². The normalized spacial score (nSPS) is 16.8. The van der Waals surface area contributed by atoms with Crippen LogP contribution in [-0.4, -0.2) is 18.5 Å². The molecule has 0 amide bonds. The zero-order valence-corrected chi connectivity index (χ0v) is 11.5. The summed E-state index contributed by atoms with van der Waals surface area (Å²) in [4.78, 5) is 0. The van der Waals surface area contributed by atoms with E-state index >= 15 is 0 Å². The van der Waals surface area contributed by atoms with Crippen LogP contribution in [0.4, 0.5) is 0 Å². The predicted octanol–water partition coefficient (Wildman–Crippen LogP) is 4.30. The second-order valence-corrected chi connectivity index (χ2v) is 27.9. The molecule has 0 heterocycles. The number of hydrogen-bond donors (Lipinski definition) is 0. The molecule has 3 heteroatoms. The zero-order valence-electron chi connectivity index (χ0n) is 6.32. The van der Waals surface area contributed by atoms with Gasteiger partial charge in [-0.2, -0.15) is 0 Å². The van der Waals surface area contributed by atoms with E-state index in [0.717, 1.165) is 0 Å². The van der Waals surface area contributed by atoms with Gasteiger partial charge in [0, 0.05) is 0 Å². The summed E-state index contributed by atoms with van der Waals surface area (Å²) >= 11 is 5.44. The van der Waals surface area contributed by atoms with Crippen molar-refractivity contribution in [1.82, 2.24) is 0 Å². The minimum atomic E-state index is -1.19. The molecular weight excluding hydrogens is 357 g/mol. The third-order valence-electron chi connectivity index (χ3n) is 2.06. The van der Waals surface area contributed by atoms with E-state index in [1.54, 1.807) is 0 Å². The maximum absolute atomic E-state index is 2.72. The van der Waals surface area contributed by atoms with Gasteiger partial charge in [0.05, 0.1) is 0 Å². The minimum absolute atomic E-state index is 1.19. The van der Waals surface area contributed by atoms with Gasteiger partial charge in [0.2, 0.25) is 0 Å². The molecule has 0 nitrogen and oxygen atoms in total. The van der Waals surface area contributed by atoms with Crippen molar-refractivity contribution in [2.75, 3.05) is 18.5 Å². The molecule has 0 aliphatic heterocycles. The summed E-state index contributed by atoms with van der Waals surface area (Å²) in [5, 5.41) is 0. The fourth-order valence-corrected chi connectivity index (χ4v) is 2.01. The molecule has 0 saturated carbocycles. The van der Waals surface area contributed by atoms with Crippen LogP contribution in [-0.2, 0) is 0 Å². The van der Waals surface area contributed by atoms with Crippen molar-refractivity contribution in [2.24, 2.45) is 0 Å². The van der Waals surface area contributed by atoms with Crippen molar-refractivity contribution in [1.29, 1.82) is 0 Å². The van der Waals surface area contributed by atoms with Crippen molar-refractivity contribution in [2.45, 2.75) is 20.8 Å². The molecule has 0 spiro atoms. The Morgan fingerprint density at radius 3 is 1.11 bits per heavy atom. The van der Waals surface area contributed by atoms with E-state index in [0.29, 0.717) is 0 Å². The summed E-state index contributed by atoms with van der Waals surface area (Å²) < 4.78 is -1.19. The van der Waals surface area contributed by atoms with Gasteiger partial charge in [0.25, 0.3) is 0 Å². The second-order valence-electron chi connectivity index (χ2n) is 2.40. The summed E-state index contributed by atoms with van der Waals surface area (Å²) in [6, 6.07) is 0. The molecule has 0 bridgehead atoms. The molecule has 0 radical (unpaired) electrons. The van der Waals surface area contributed by atoms with E-state index in [-0.39, 0.29) is 0 Å². The topological polar surface area (TPSA) is 0 Å². The number of halogens is 2. The van der Waals surface area contributed by atoms with Crippen LogP contribution >= 0.6 is 46.0 Å². The van der Waals surface area contributed by atoms with Crippen LogP contribution in [0, 0.1) is 0 Å². The van der Waals surface area contributed by atoms with E-state index in [4.69, 9.17) is 0 Å². The molecule has 9 heavy (non-hydrogen) atoms. The van der Waals surface area contributed by atoms with Crippen LogP contribution in [0.3, 0.4) is 0 Å². The van der Waals surface area contributed by atoms with Gasteiger partial charge in [-0.25, -0.2) is 0 Å².